The van der Waals surface area contributed by atoms with Crippen LogP contribution in [0.25, 0.3) is 0 Å². The molecule has 0 heterocycles. The van der Waals surface area contributed by atoms with E-state index in [1.807, 2.05) is 19.1 Å². The van der Waals surface area contributed by atoms with Crippen LogP contribution in [-0.4, -0.2) is 42.6 Å². The Morgan fingerprint density at radius 3 is 2.27 bits per heavy atom. The Labute approximate surface area is 96.5 Å². The number of hydrogen-bond acceptors (Lipinski definition) is 1. The van der Waals surface area contributed by atoms with Gasteiger partial charge in [0.25, 0.3) is 0 Å². The molecule has 0 aliphatic heterocycles. The van der Waals surface area contributed by atoms with Gasteiger partial charge < -0.3 is 4.89 Å². The van der Waals surface area contributed by atoms with E-state index in [-0.39, 0.29) is 37.7 Å². The number of hydrogen-bond donors (Lipinski definition) is 1. The van der Waals surface area contributed by atoms with Crippen LogP contribution in [0.2, 0.25) is 0 Å². The van der Waals surface area contributed by atoms with Gasteiger partial charge in [-0.25, -0.2) is 0 Å². The van der Waals surface area contributed by atoms with Crippen molar-refractivity contribution in [3.8, 4) is 0 Å². The first kappa shape index (κ1) is 11.7. The van der Waals surface area contributed by atoms with E-state index in [1.54, 1.807) is 12.1 Å². The second-order valence-electron chi connectivity index (χ2n) is 2.12. The Hall–Kier alpha value is 0.670. The monoisotopic (exact) mass is 198 g/mol. The topological polar surface area (TPSA) is 37.3 Å². The van der Waals surface area contributed by atoms with Gasteiger partial charge in [-0.3, -0.25) is 4.57 Å². The van der Waals surface area contributed by atoms with E-state index < -0.39 is 8.03 Å². The first-order chi connectivity index (χ1) is 4.72. The third-order valence-electron chi connectivity index (χ3n) is 1.38. The van der Waals surface area contributed by atoms with Crippen molar-refractivity contribution in [2.45, 2.75) is 6.92 Å². The van der Waals surface area contributed by atoms with E-state index in [0.717, 1.165) is 5.56 Å². The molecule has 0 aromatic heterocycles. The molecule has 0 fully saturated rings. The zero-order chi connectivity index (χ0) is 7.56. The van der Waals surface area contributed by atoms with E-state index >= 15 is 0 Å². The first-order valence-electron chi connectivity index (χ1n) is 3.01. The Bertz CT molecular complexity index is 262. The van der Waals surface area contributed by atoms with E-state index in [0.29, 0.717) is 5.30 Å². The summed E-state index contributed by atoms with van der Waals surface area (Å²) in [6.45, 7) is 1.83. The van der Waals surface area contributed by atoms with Crippen molar-refractivity contribution in [1.29, 1.82) is 0 Å². The second-order valence-corrected chi connectivity index (χ2v) is 3.27. The number of rotatable bonds is 1. The molecule has 0 aliphatic rings. The molecule has 0 spiro atoms. The van der Waals surface area contributed by atoms with E-state index in [1.165, 1.54) is 0 Å². The normalized spacial score (nSPS) is 11.8. The molecule has 2 nitrogen and oxygen atoms in total. The van der Waals surface area contributed by atoms with Crippen LogP contribution >= 0.6 is 8.03 Å². The van der Waals surface area contributed by atoms with E-state index in [9.17, 15) is 4.57 Å². The molecule has 0 saturated carbocycles. The SMILES string of the molecule is Cc1ccccc1[PH](=O)O.[CaH2]. The molecule has 1 unspecified atom stereocenters. The molecule has 1 atom stereocenters. The fraction of sp³-hybridized carbons (Fsp3) is 0.143. The minimum atomic E-state index is -2.49. The molecule has 1 aromatic rings. The van der Waals surface area contributed by atoms with Crippen molar-refractivity contribution in [2.75, 3.05) is 0 Å². The molecular formula is C7H11CaO2P. The summed E-state index contributed by atoms with van der Waals surface area (Å²) in [5, 5.41) is 0.563. The van der Waals surface area contributed by atoms with Gasteiger partial charge in [0.2, 0.25) is 8.03 Å². The zero-order valence-corrected chi connectivity index (χ0v) is 6.66. The molecule has 0 bridgehead atoms. The van der Waals surface area contributed by atoms with Crippen molar-refractivity contribution in [2.24, 2.45) is 0 Å². The predicted octanol–water partition coefficient (Wildman–Crippen LogP) is 0.171. The minimum absolute atomic E-state index is 0. The van der Waals surface area contributed by atoms with Gasteiger partial charge >= 0.3 is 37.7 Å². The summed E-state index contributed by atoms with van der Waals surface area (Å²) in [6.07, 6.45) is 0. The fourth-order valence-corrected chi connectivity index (χ4v) is 1.47. The quantitative estimate of drug-likeness (QED) is 0.516. The maximum atomic E-state index is 10.6. The summed E-state index contributed by atoms with van der Waals surface area (Å²) < 4.78 is 10.6. The average molecular weight is 198 g/mol. The Kier molecular flexibility index (Phi) is 5.66. The van der Waals surface area contributed by atoms with Gasteiger partial charge in [-0.1, -0.05) is 18.2 Å². The predicted molar refractivity (Wildman–Crippen MR) is 50.6 cm³/mol. The van der Waals surface area contributed by atoms with Crippen LogP contribution in [0.1, 0.15) is 5.56 Å². The number of aryl methyl sites for hydroxylation is 1. The van der Waals surface area contributed by atoms with Crippen molar-refractivity contribution >= 4 is 51.1 Å². The van der Waals surface area contributed by atoms with Gasteiger partial charge in [0.1, 0.15) is 0 Å². The molecule has 0 radical (unpaired) electrons. The zero-order valence-electron chi connectivity index (χ0n) is 5.66. The van der Waals surface area contributed by atoms with Gasteiger partial charge in [-0.15, -0.1) is 0 Å². The molecule has 1 aromatic carbocycles. The number of benzene rings is 1. The van der Waals surface area contributed by atoms with Gasteiger partial charge in [-0.2, -0.15) is 0 Å². The van der Waals surface area contributed by atoms with E-state index in [2.05, 4.69) is 0 Å². The van der Waals surface area contributed by atoms with Crippen molar-refractivity contribution < 1.29 is 9.46 Å². The second kappa shape index (κ2) is 5.34. The third-order valence-corrected chi connectivity index (χ3v) is 2.40. The molecule has 4 heteroatoms. The summed E-state index contributed by atoms with van der Waals surface area (Å²) in [4.78, 5) is 8.75. The van der Waals surface area contributed by atoms with Gasteiger partial charge in [-0.05, 0) is 18.6 Å². The molecular weight excluding hydrogens is 187 g/mol. The Balaban J connectivity index is 0.000001000. The van der Waals surface area contributed by atoms with Crippen LogP contribution < -0.4 is 5.30 Å². The van der Waals surface area contributed by atoms with Crippen LogP contribution in [0, 0.1) is 6.92 Å². The van der Waals surface area contributed by atoms with Gasteiger partial charge in [0.05, 0.1) is 0 Å². The standard InChI is InChI=1S/C7H9O2P.Ca.2H/c1-6-4-2-3-5-7(6)10(8)9;;;/h2-5,10H,1H3,(H,8,9);;;. The van der Waals surface area contributed by atoms with Crippen LogP contribution in [-0.2, 0) is 4.57 Å². The molecule has 0 aliphatic carbocycles. The fourth-order valence-electron chi connectivity index (χ4n) is 0.813. The summed E-state index contributed by atoms with van der Waals surface area (Å²) in [6, 6.07) is 7.12. The Morgan fingerprint density at radius 2 is 1.91 bits per heavy atom. The van der Waals surface area contributed by atoms with Crippen LogP contribution in [0.5, 0.6) is 0 Å². The molecule has 58 valence electrons. The molecule has 1 rings (SSSR count). The van der Waals surface area contributed by atoms with Gasteiger partial charge in [0.15, 0.2) is 0 Å². The maximum absolute atomic E-state index is 10.6. The summed E-state index contributed by atoms with van der Waals surface area (Å²) in [5.41, 5.74) is 0.883. The van der Waals surface area contributed by atoms with Crippen LogP contribution in [0.3, 0.4) is 0 Å². The summed E-state index contributed by atoms with van der Waals surface area (Å²) >= 11 is 0. The van der Waals surface area contributed by atoms with Crippen LogP contribution in [0.4, 0.5) is 0 Å². The van der Waals surface area contributed by atoms with Crippen LogP contribution in [0.15, 0.2) is 24.3 Å². The molecule has 11 heavy (non-hydrogen) atoms. The van der Waals surface area contributed by atoms with E-state index in [4.69, 9.17) is 4.89 Å². The van der Waals surface area contributed by atoms with Crippen molar-refractivity contribution in [3.05, 3.63) is 29.8 Å². The van der Waals surface area contributed by atoms with Crippen molar-refractivity contribution in [1.82, 2.24) is 0 Å². The summed E-state index contributed by atoms with van der Waals surface area (Å²) in [7, 11) is -2.49. The molecule has 0 amide bonds. The first-order valence-corrected chi connectivity index (χ1v) is 4.36. The molecule has 1 N–H and O–H groups in total. The van der Waals surface area contributed by atoms with Gasteiger partial charge in [0, 0.05) is 5.30 Å². The average Bonchev–Trinajstić information content (AvgIpc) is 1.88. The van der Waals surface area contributed by atoms with Crippen molar-refractivity contribution in [3.63, 3.8) is 0 Å². The Morgan fingerprint density at radius 1 is 1.36 bits per heavy atom. The molecule has 0 saturated heterocycles. The third kappa shape index (κ3) is 3.27. The summed E-state index contributed by atoms with van der Waals surface area (Å²) in [5.74, 6) is 0.